The molecule has 0 radical (unpaired) electrons. The first-order chi connectivity index (χ1) is 37.5. The first-order valence-corrected chi connectivity index (χ1v) is 32.2. The van der Waals surface area contributed by atoms with Crippen LogP contribution < -0.4 is 0 Å². The molecule has 0 fully saturated rings. The largest absolute Gasteiger partial charge is 0.462 e. The van der Waals surface area contributed by atoms with E-state index in [0.717, 1.165) is 103 Å². The highest BCUT2D eigenvalue weighted by atomic mass is 16.6. The molecule has 0 saturated carbocycles. The van der Waals surface area contributed by atoms with Crippen LogP contribution in [0.1, 0.15) is 310 Å². The van der Waals surface area contributed by atoms with Gasteiger partial charge >= 0.3 is 17.9 Å². The monoisotopic (exact) mass is 1060 g/mol. The molecule has 0 heterocycles. The molecule has 1 atom stereocenters. The van der Waals surface area contributed by atoms with Gasteiger partial charge in [0.25, 0.3) is 0 Å². The number of rotatable bonds is 58. The minimum Gasteiger partial charge on any atom is -0.462 e. The second-order valence-corrected chi connectivity index (χ2v) is 21.3. The van der Waals surface area contributed by atoms with Crippen LogP contribution >= 0.6 is 0 Å². The zero-order chi connectivity index (χ0) is 55.0. The van der Waals surface area contributed by atoms with Crippen molar-refractivity contribution in [1.29, 1.82) is 0 Å². The maximum absolute atomic E-state index is 12.9. The van der Waals surface area contributed by atoms with Crippen molar-refractivity contribution in [2.24, 2.45) is 0 Å². The average Bonchev–Trinajstić information content (AvgIpc) is 3.42. The normalized spacial score (nSPS) is 12.7. The fourth-order valence-corrected chi connectivity index (χ4v) is 8.97. The van der Waals surface area contributed by atoms with E-state index in [2.05, 4.69) is 118 Å². The molecule has 0 spiro atoms. The molecule has 6 heteroatoms. The van der Waals surface area contributed by atoms with Gasteiger partial charge in [-0.25, -0.2) is 0 Å². The molecule has 1 unspecified atom stereocenters. The summed E-state index contributed by atoms with van der Waals surface area (Å²) in [6.45, 7) is 6.51. The van der Waals surface area contributed by atoms with E-state index in [9.17, 15) is 14.4 Å². The molecule has 0 aliphatic carbocycles. The first-order valence-electron chi connectivity index (χ1n) is 32.2. The number of carbonyl (C=O) groups excluding carboxylic acids is 3. The molecule has 436 valence electrons. The number of allylic oxidation sites excluding steroid dienone is 16. The van der Waals surface area contributed by atoms with Crippen LogP contribution in [-0.2, 0) is 28.6 Å². The van der Waals surface area contributed by atoms with Crippen LogP contribution in [-0.4, -0.2) is 37.2 Å². The molecule has 0 aromatic heterocycles. The summed E-state index contributed by atoms with van der Waals surface area (Å²) in [6, 6.07) is 0. The van der Waals surface area contributed by atoms with Gasteiger partial charge in [-0.05, 0) is 122 Å². The Labute approximate surface area is 470 Å². The standard InChI is InChI=1S/C70H120O6/c1-4-7-10-13-16-19-22-25-28-31-34-35-37-39-42-45-48-51-54-57-60-63-69(72)75-66-67(65-74-68(71)62-59-56-53-50-47-44-41-38-33-30-27-24-21-18-15-12-9-6-3)76-70(73)64-61-58-55-52-49-46-43-40-36-32-29-26-23-20-17-14-11-8-5-2/h8,11,17,20,22,25-26,29-31,33-34,36,40,46,49,67H,4-7,9-10,12-16,18-19,21,23-24,27-28,32,35,37-39,41-45,47-48,50-66H2,1-3H3/b11-8-,20-17-,25-22-,29-26-,33-30-,34-31-,40-36-,49-46-. The maximum atomic E-state index is 12.9. The van der Waals surface area contributed by atoms with Gasteiger partial charge in [0.1, 0.15) is 13.2 Å². The molecule has 0 aromatic carbocycles. The second kappa shape index (κ2) is 63.9. The van der Waals surface area contributed by atoms with Crippen molar-refractivity contribution in [2.45, 2.75) is 316 Å². The summed E-state index contributed by atoms with van der Waals surface area (Å²) in [5.41, 5.74) is 0. The van der Waals surface area contributed by atoms with Gasteiger partial charge in [-0.3, -0.25) is 14.4 Å². The lowest BCUT2D eigenvalue weighted by molar-refractivity contribution is -0.167. The fraction of sp³-hybridized carbons (Fsp3) is 0.729. The quantitative estimate of drug-likeness (QED) is 0.0261. The second-order valence-electron chi connectivity index (χ2n) is 21.3. The van der Waals surface area contributed by atoms with Crippen LogP contribution in [0, 0.1) is 0 Å². The van der Waals surface area contributed by atoms with Crippen molar-refractivity contribution < 1.29 is 28.6 Å². The third-order valence-electron chi connectivity index (χ3n) is 13.8. The van der Waals surface area contributed by atoms with Crippen LogP contribution in [0.4, 0.5) is 0 Å². The van der Waals surface area contributed by atoms with Crippen LogP contribution in [0.3, 0.4) is 0 Å². The minimum absolute atomic E-state index is 0.0942. The summed E-state index contributed by atoms with van der Waals surface area (Å²) in [6.07, 6.45) is 85.5. The molecular formula is C70H120O6. The Morgan fingerprint density at radius 1 is 0.276 bits per heavy atom. The molecule has 76 heavy (non-hydrogen) atoms. The summed E-state index contributed by atoms with van der Waals surface area (Å²) in [5, 5.41) is 0. The van der Waals surface area contributed by atoms with E-state index in [-0.39, 0.29) is 37.5 Å². The Hall–Kier alpha value is -3.67. The molecular weight excluding hydrogens is 937 g/mol. The first kappa shape index (κ1) is 72.3. The summed E-state index contributed by atoms with van der Waals surface area (Å²) in [7, 11) is 0. The lowest BCUT2D eigenvalue weighted by Crippen LogP contribution is -2.30. The van der Waals surface area contributed by atoms with Gasteiger partial charge in [-0.15, -0.1) is 0 Å². The lowest BCUT2D eigenvalue weighted by atomic mass is 10.1. The number of esters is 3. The molecule has 0 aromatic rings. The van der Waals surface area contributed by atoms with E-state index in [1.807, 2.05) is 0 Å². The molecule has 6 nitrogen and oxygen atoms in total. The zero-order valence-corrected chi connectivity index (χ0v) is 50.0. The van der Waals surface area contributed by atoms with Crippen LogP contribution in [0.15, 0.2) is 97.2 Å². The van der Waals surface area contributed by atoms with Crippen molar-refractivity contribution in [3.63, 3.8) is 0 Å². The van der Waals surface area contributed by atoms with E-state index in [0.29, 0.717) is 12.8 Å². The molecule has 0 aliphatic heterocycles. The third-order valence-corrected chi connectivity index (χ3v) is 13.8. The molecule has 0 bridgehead atoms. The van der Waals surface area contributed by atoms with Crippen LogP contribution in [0.25, 0.3) is 0 Å². The van der Waals surface area contributed by atoms with Crippen molar-refractivity contribution in [2.75, 3.05) is 13.2 Å². The number of carbonyl (C=O) groups is 3. The van der Waals surface area contributed by atoms with Gasteiger partial charge < -0.3 is 14.2 Å². The summed E-state index contributed by atoms with van der Waals surface area (Å²) in [5.74, 6) is -0.925. The topological polar surface area (TPSA) is 78.9 Å². The lowest BCUT2D eigenvalue weighted by Gasteiger charge is -2.18. The van der Waals surface area contributed by atoms with Crippen molar-refractivity contribution in [3.8, 4) is 0 Å². The molecule has 0 saturated heterocycles. The van der Waals surface area contributed by atoms with E-state index < -0.39 is 6.10 Å². The Bertz CT molecular complexity index is 1490. The van der Waals surface area contributed by atoms with E-state index in [4.69, 9.17) is 14.2 Å². The fourth-order valence-electron chi connectivity index (χ4n) is 8.97. The maximum Gasteiger partial charge on any atom is 0.306 e. The Balaban J connectivity index is 4.45. The molecule has 0 amide bonds. The van der Waals surface area contributed by atoms with Gasteiger partial charge in [0.2, 0.25) is 0 Å². The predicted molar refractivity (Wildman–Crippen MR) is 330 cm³/mol. The minimum atomic E-state index is -0.801. The summed E-state index contributed by atoms with van der Waals surface area (Å²) < 4.78 is 16.9. The average molecular weight is 1060 g/mol. The molecule has 0 aliphatic rings. The van der Waals surface area contributed by atoms with Crippen molar-refractivity contribution in [1.82, 2.24) is 0 Å². The van der Waals surface area contributed by atoms with Crippen LogP contribution in [0.2, 0.25) is 0 Å². The van der Waals surface area contributed by atoms with Crippen LogP contribution in [0.5, 0.6) is 0 Å². The van der Waals surface area contributed by atoms with Gasteiger partial charge in [-0.2, -0.15) is 0 Å². The summed E-state index contributed by atoms with van der Waals surface area (Å²) >= 11 is 0. The van der Waals surface area contributed by atoms with Gasteiger partial charge in [0, 0.05) is 19.3 Å². The number of hydrogen-bond acceptors (Lipinski definition) is 6. The summed E-state index contributed by atoms with van der Waals surface area (Å²) in [4.78, 5) is 38.4. The smallest absolute Gasteiger partial charge is 0.306 e. The number of ether oxygens (including phenoxy) is 3. The highest BCUT2D eigenvalue weighted by Gasteiger charge is 2.19. The van der Waals surface area contributed by atoms with Crippen molar-refractivity contribution in [3.05, 3.63) is 97.2 Å². The molecule has 0 rings (SSSR count). The van der Waals surface area contributed by atoms with E-state index in [1.54, 1.807) is 0 Å². The van der Waals surface area contributed by atoms with Gasteiger partial charge in [-0.1, -0.05) is 266 Å². The Kier molecular flexibility index (Phi) is 60.8. The van der Waals surface area contributed by atoms with E-state index in [1.165, 1.54) is 167 Å². The zero-order valence-electron chi connectivity index (χ0n) is 50.0. The highest BCUT2D eigenvalue weighted by Crippen LogP contribution is 2.15. The third kappa shape index (κ3) is 61.2. The SMILES string of the molecule is CC/C=C\C/C=C\C/C=C\C/C=C\C/C=C\CCCCCC(=O)OC(COC(=O)CCCCCCCCC/C=C\CCCCCCCCC)COC(=O)CCCCCCCCCCC/C=C\C/C=C\CCCCCCC. The predicted octanol–water partition coefficient (Wildman–Crippen LogP) is 22.0. The Morgan fingerprint density at radius 3 is 0.829 bits per heavy atom. The number of hydrogen-bond donors (Lipinski definition) is 0. The number of unbranched alkanes of at least 4 members (excludes halogenated alkanes) is 31. The Morgan fingerprint density at radius 2 is 0.513 bits per heavy atom. The van der Waals surface area contributed by atoms with Gasteiger partial charge in [0.15, 0.2) is 6.10 Å². The van der Waals surface area contributed by atoms with Gasteiger partial charge in [0.05, 0.1) is 0 Å². The van der Waals surface area contributed by atoms with E-state index >= 15 is 0 Å². The highest BCUT2D eigenvalue weighted by molar-refractivity contribution is 5.71. The molecule has 0 N–H and O–H groups in total. The van der Waals surface area contributed by atoms with Crippen molar-refractivity contribution >= 4 is 17.9 Å².